The van der Waals surface area contributed by atoms with Crippen molar-refractivity contribution in [2.24, 2.45) is 0 Å². The molecule has 2 fully saturated rings. The second-order valence-electron chi connectivity index (χ2n) is 6.84. The molecule has 1 aromatic carbocycles. The van der Waals surface area contributed by atoms with Gasteiger partial charge in [-0.1, -0.05) is 35.5 Å². The monoisotopic (exact) mass is 343 g/mol. The molecule has 0 spiro atoms. The summed E-state index contributed by atoms with van der Waals surface area (Å²) < 4.78 is 17.1. The van der Waals surface area contributed by atoms with Crippen molar-refractivity contribution in [1.29, 1.82) is 0 Å². The standard InChI is InChI=1S/C19H25N3O3/c1-2-6-15(7-3-1)19-20-18(25-21-19)14-22(12-16-8-4-10-23-16)13-17-9-5-11-24-17/h1-3,6-7,16-17H,4-5,8-14H2/t16-,17-/m1/s1. The van der Waals surface area contributed by atoms with Gasteiger partial charge in [-0.15, -0.1) is 0 Å². The van der Waals surface area contributed by atoms with E-state index in [4.69, 9.17) is 14.0 Å². The molecule has 6 nitrogen and oxygen atoms in total. The number of hydrogen-bond acceptors (Lipinski definition) is 6. The van der Waals surface area contributed by atoms with Crippen LogP contribution in [0.15, 0.2) is 34.9 Å². The van der Waals surface area contributed by atoms with Gasteiger partial charge in [0.2, 0.25) is 11.7 Å². The largest absolute Gasteiger partial charge is 0.377 e. The number of aromatic nitrogens is 2. The summed E-state index contributed by atoms with van der Waals surface area (Å²) in [6, 6.07) is 9.92. The molecule has 0 aliphatic carbocycles. The highest BCUT2D eigenvalue weighted by Gasteiger charge is 2.25. The van der Waals surface area contributed by atoms with Gasteiger partial charge in [0.15, 0.2) is 0 Å². The third-order valence-electron chi connectivity index (χ3n) is 4.83. The SMILES string of the molecule is c1ccc(-c2noc(CN(C[C@H]3CCCO3)C[C@H]3CCCO3)n2)cc1. The van der Waals surface area contributed by atoms with E-state index in [1.807, 2.05) is 30.3 Å². The number of benzene rings is 1. The predicted octanol–water partition coefficient (Wildman–Crippen LogP) is 2.90. The smallest absolute Gasteiger partial charge is 0.241 e. The molecule has 4 rings (SSSR count). The van der Waals surface area contributed by atoms with Crippen LogP contribution in [0.2, 0.25) is 0 Å². The van der Waals surface area contributed by atoms with Crippen LogP contribution in [0.25, 0.3) is 11.4 Å². The van der Waals surface area contributed by atoms with Crippen LogP contribution in [0.4, 0.5) is 0 Å². The summed E-state index contributed by atoms with van der Waals surface area (Å²) in [6.07, 6.45) is 5.16. The average molecular weight is 343 g/mol. The van der Waals surface area contributed by atoms with Crippen molar-refractivity contribution in [2.45, 2.75) is 44.4 Å². The zero-order valence-corrected chi connectivity index (χ0v) is 14.5. The molecule has 0 bridgehead atoms. The summed E-state index contributed by atoms with van der Waals surface area (Å²) >= 11 is 0. The highest BCUT2D eigenvalue weighted by Crippen LogP contribution is 2.20. The first-order chi connectivity index (χ1) is 12.4. The zero-order valence-electron chi connectivity index (χ0n) is 14.5. The van der Waals surface area contributed by atoms with Crippen LogP contribution in [0.1, 0.15) is 31.6 Å². The molecule has 2 saturated heterocycles. The van der Waals surface area contributed by atoms with Crippen LogP contribution in [-0.2, 0) is 16.0 Å². The van der Waals surface area contributed by atoms with Crippen molar-refractivity contribution in [3.8, 4) is 11.4 Å². The van der Waals surface area contributed by atoms with Gasteiger partial charge in [0.25, 0.3) is 0 Å². The van der Waals surface area contributed by atoms with Gasteiger partial charge in [0, 0.05) is 31.9 Å². The quantitative estimate of drug-likeness (QED) is 0.770. The molecule has 2 atom stereocenters. The molecule has 6 heteroatoms. The van der Waals surface area contributed by atoms with Crippen molar-refractivity contribution in [3.05, 3.63) is 36.2 Å². The fourth-order valence-corrected chi connectivity index (χ4v) is 3.57. The Morgan fingerprint density at radius 2 is 1.64 bits per heavy atom. The third-order valence-corrected chi connectivity index (χ3v) is 4.83. The van der Waals surface area contributed by atoms with Crippen LogP contribution in [0, 0.1) is 0 Å². The third kappa shape index (κ3) is 4.45. The van der Waals surface area contributed by atoms with E-state index >= 15 is 0 Å². The molecule has 25 heavy (non-hydrogen) atoms. The number of rotatable bonds is 7. The lowest BCUT2D eigenvalue weighted by atomic mass is 10.2. The second kappa shape index (κ2) is 8.08. The maximum atomic E-state index is 5.81. The predicted molar refractivity (Wildman–Crippen MR) is 93.0 cm³/mol. The number of nitrogens with zero attached hydrogens (tertiary/aromatic N) is 3. The average Bonchev–Trinajstić information content (AvgIpc) is 3.38. The van der Waals surface area contributed by atoms with Crippen LogP contribution in [-0.4, -0.2) is 53.6 Å². The van der Waals surface area contributed by atoms with Crippen molar-refractivity contribution in [2.75, 3.05) is 26.3 Å². The van der Waals surface area contributed by atoms with E-state index in [0.29, 0.717) is 30.5 Å². The summed E-state index contributed by atoms with van der Waals surface area (Å²) in [5, 5.41) is 4.13. The lowest BCUT2D eigenvalue weighted by Gasteiger charge is -2.26. The molecule has 2 aliphatic heterocycles. The normalized spacial score (nSPS) is 23.6. The first kappa shape index (κ1) is 16.7. The van der Waals surface area contributed by atoms with Gasteiger partial charge in [0.1, 0.15) is 0 Å². The molecule has 0 radical (unpaired) electrons. The van der Waals surface area contributed by atoms with Crippen molar-refractivity contribution in [3.63, 3.8) is 0 Å². The van der Waals surface area contributed by atoms with Gasteiger partial charge >= 0.3 is 0 Å². The molecule has 2 aromatic rings. The zero-order chi connectivity index (χ0) is 16.9. The fraction of sp³-hybridized carbons (Fsp3) is 0.579. The minimum atomic E-state index is 0.304. The van der Waals surface area contributed by atoms with E-state index in [-0.39, 0.29) is 0 Å². The van der Waals surface area contributed by atoms with Crippen LogP contribution >= 0.6 is 0 Å². The van der Waals surface area contributed by atoms with Crippen LogP contribution in [0.3, 0.4) is 0 Å². The summed E-state index contributed by atoms with van der Waals surface area (Å²) in [5.74, 6) is 1.29. The van der Waals surface area contributed by atoms with Gasteiger partial charge in [-0.05, 0) is 25.7 Å². The maximum absolute atomic E-state index is 5.81. The highest BCUT2D eigenvalue weighted by atomic mass is 16.5. The molecule has 0 amide bonds. The van der Waals surface area contributed by atoms with Crippen molar-refractivity contribution in [1.82, 2.24) is 15.0 Å². The van der Waals surface area contributed by atoms with Gasteiger partial charge < -0.3 is 14.0 Å². The molecule has 3 heterocycles. The van der Waals surface area contributed by atoms with E-state index in [9.17, 15) is 0 Å². The topological polar surface area (TPSA) is 60.6 Å². The van der Waals surface area contributed by atoms with E-state index in [0.717, 1.165) is 57.6 Å². The molecular formula is C19H25N3O3. The Kier molecular flexibility index (Phi) is 5.40. The molecule has 0 saturated carbocycles. The molecule has 0 N–H and O–H groups in total. The maximum Gasteiger partial charge on any atom is 0.241 e. The second-order valence-corrected chi connectivity index (χ2v) is 6.84. The molecular weight excluding hydrogens is 318 g/mol. The van der Waals surface area contributed by atoms with Gasteiger partial charge in [-0.3, -0.25) is 4.90 Å². The summed E-state index contributed by atoms with van der Waals surface area (Å²) in [5.41, 5.74) is 0.974. The molecule has 0 unspecified atom stereocenters. The molecule has 1 aromatic heterocycles. The van der Waals surface area contributed by atoms with Gasteiger partial charge in [-0.25, -0.2) is 0 Å². The van der Waals surface area contributed by atoms with E-state index in [1.54, 1.807) is 0 Å². The molecule has 2 aliphatic rings. The van der Waals surface area contributed by atoms with Gasteiger partial charge in [0.05, 0.1) is 18.8 Å². The minimum absolute atomic E-state index is 0.304. The van der Waals surface area contributed by atoms with Gasteiger partial charge in [-0.2, -0.15) is 4.98 Å². The highest BCUT2D eigenvalue weighted by molar-refractivity contribution is 5.53. The van der Waals surface area contributed by atoms with Crippen molar-refractivity contribution >= 4 is 0 Å². The Morgan fingerprint density at radius 3 is 2.24 bits per heavy atom. The Labute approximate surface area is 148 Å². The van der Waals surface area contributed by atoms with Crippen LogP contribution < -0.4 is 0 Å². The van der Waals surface area contributed by atoms with Crippen LogP contribution in [0.5, 0.6) is 0 Å². The van der Waals surface area contributed by atoms with E-state index < -0.39 is 0 Å². The Bertz CT molecular complexity index is 631. The fourth-order valence-electron chi connectivity index (χ4n) is 3.57. The summed E-state index contributed by atoms with van der Waals surface area (Å²) in [6.45, 7) is 4.17. The lowest BCUT2D eigenvalue weighted by Crippen LogP contribution is -2.37. The minimum Gasteiger partial charge on any atom is -0.377 e. The molecule has 134 valence electrons. The Balaban J connectivity index is 1.42. The Hall–Kier alpha value is -1.76. The number of ether oxygens (including phenoxy) is 2. The summed E-state index contributed by atoms with van der Waals surface area (Å²) in [7, 11) is 0. The Morgan fingerprint density at radius 1 is 0.960 bits per heavy atom. The van der Waals surface area contributed by atoms with E-state index in [2.05, 4.69) is 15.0 Å². The van der Waals surface area contributed by atoms with Crippen molar-refractivity contribution < 1.29 is 14.0 Å². The number of hydrogen-bond donors (Lipinski definition) is 0. The summed E-state index contributed by atoms with van der Waals surface area (Å²) in [4.78, 5) is 6.91. The first-order valence-corrected chi connectivity index (χ1v) is 9.20. The lowest BCUT2D eigenvalue weighted by molar-refractivity contribution is 0.0309. The van der Waals surface area contributed by atoms with E-state index in [1.165, 1.54) is 0 Å². The first-order valence-electron chi connectivity index (χ1n) is 9.20.